The molecule has 0 saturated heterocycles. The van der Waals surface area contributed by atoms with E-state index in [1.807, 2.05) is 19.9 Å². The van der Waals surface area contributed by atoms with Gasteiger partial charge < -0.3 is 5.11 Å². The lowest BCUT2D eigenvalue weighted by Gasteiger charge is -2.01. The van der Waals surface area contributed by atoms with Crippen molar-refractivity contribution in [2.75, 3.05) is 0 Å². The molecule has 17 heavy (non-hydrogen) atoms. The summed E-state index contributed by atoms with van der Waals surface area (Å²) in [4.78, 5) is 18.6. The van der Waals surface area contributed by atoms with Crippen LogP contribution in [0.3, 0.4) is 0 Å². The van der Waals surface area contributed by atoms with Gasteiger partial charge >= 0.3 is 5.97 Å². The standard InChI is InChI=1S/C11H12N4O2/c1-7(2)8-3-4-15(14-8)10-6-12-5-9(13-10)11(16)17/h3-7H,1-2H3,(H,16,17). The van der Waals surface area contributed by atoms with Crippen LogP contribution < -0.4 is 0 Å². The molecule has 0 spiro atoms. The second-order valence-corrected chi connectivity index (χ2v) is 3.91. The number of carbonyl (C=O) groups is 1. The van der Waals surface area contributed by atoms with Gasteiger partial charge in [0.15, 0.2) is 11.5 Å². The fourth-order valence-corrected chi connectivity index (χ4v) is 1.34. The minimum Gasteiger partial charge on any atom is -0.476 e. The Morgan fingerprint density at radius 1 is 1.41 bits per heavy atom. The second kappa shape index (κ2) is 4.32. The first-order valence-corrected chi connectivity index (χ1v) is 5.19. The smallest absolute Gasteiger partial charge is 0.356 e. The third-order valence-electron chi connectivity index (χ3n) is 2.28. The molecule has 0 radical (unpaired) electrons. The van der Waals surface area contributed by atoms with Gasteiger partial charge in [-0.15, -0.1) is 0 Å². The summed E-state index contributed by atoms with van der Waals surface area (Å²) in [6.45, 7) is 4.07. The molecule has 2 aromatic heterocycles. The molecule has 88 valence electrons. The molecule has 0 bridgehead atoms. The lowest BCUT2D eigenvalue weighted by molar-refractivity contribution is 0.0690. The lowest BCUT2D eigenvalue weighted by atomic mass is 10.1. The summed E-state index contributed by atoms with van der Waals surface area (Å²) in [6, 6.07) is 1.87. The Balaban J connectivity index is 2.38. The zero-order chi connectivity index (χ0) is 12.4. The molecule has 1 N–H and O–H groups in total. The van der Waals surface area contributed by atoms with Crippen molar-refractivity contribution in [2.45, 2.75) is 19.8 Å². The Labute approximate surface area is 98.0 Å². The normalized spacial score (nSPS) is 10.8. The average Bonchev–Trinajstić information content (AvgIpc) is 2.78. The highest BCUT2D eigenvalue weighted by Gasteiger charge is 2.09. The SMILES string of the molecule is CC(C)c1ccn(-c2cncc(C(=O)O)n2)n1. The van der Waals surface area contributed by atoms with E-state index in [1.54, 1.807) is 6.20 Å². The fourth-order valence-electron chi connectivity index (χ4n) is 1.34. The summed E-state index contributed by atoms with van der Waals surface area (Å²) in [6.07, 6.45) is 4.42. The zero-order valence-corrected chi connectivity index (χ0v) is 9.53. The van der Waals surface area contributed by atoms with Crippen molar-refractivity contribution in [3.63, 3.8) is 0 Å². The Kier molecular flexibility index (Phi) is 2.86. The zero-order valence-electron chi connectivity index (χ0n) is 9.53. The summed E-state index contributed by atoms with van der Waals surface area (Å²) in [7, 11) is 0. The van der Waals surface area contributed by atoms with Crippen molar-refractivity contribution in [1.29, 1.82) is 0 Å². The monoisotopic (exact) mass is 232 g/mol. The number of hydrogen-bond acceptors (Lipinski definition) is 4. The number of hydrogen-bond donors (Lipinski definition) is 1. The second-order valence-electron chi connectivity index (χ2n) is 3.91. The van der Waals surface area contributed by atoms with Gasteiger partial charge in [0.1, 0.15) is 0 Å². The molecule has 0 amide bonds. The number of rotatable bonds is 3. The average molecular weight is 232 g/mol. The Morgan fingerprint density at radius 2 is 2.18 bits per heavy atom. The van der Waals surface area contributed by atoms with E-state index in [9.17, 15) is 4.79 Å². The van der Waals surface area contributed by atoms with Crippen LogP contribution in [0.2, 0.25) is 0 Å². The topological polar surface area (TPSA) is 80.9 Å². The molecular weight excluding hydrogens is 220 g/mol. The molecule has 2 heterocycles. The van der Waals surface area contributed by atoms with E-state index in [4.69, 9.17) is 5.11 Å². The van der Waals surface area contributed by atoms with Gasteiger partial charge in [0, 0.05) is 6.20 Å². The molecule has 0 aliphatic heterocycles. The van der Waals surface area contributed by atoms with Gasteiger partial charge in [-0.3, -0.25) is 4.98 Å². The third-order valence-corrected chi connectivity index (χ3v) is 2.28. The van der Waals surface area contributed by atoms with E-state index < -0.39 is 5.97 Å². The number of carboxylic acid groups (broad SMARTS) is 1. The first-order valence-electron chi connectivity index (χ1n) is 5.19. The van der Waals surface area contributed by atoms with Gasteiger partial charge in [-0.05, 0) is 12.0 Å². The molecule has 6 nitrogen and oxygen atoms in total. The van der Waals surface area contributed by atoms with E-state index in [1.165, 1.54) is 17.1 Å². The van der Waals surface area contributed by atoms with Crippen LogP contribution in [0.1, 0.15) is 35.9 Å². The number of carboxylic acids is 1. The molecule has 0 aromatic carbocycles. The minimum atomic E-state index is -1.10. The largest absolute Gasteiger partial charge is 0.476 e. The highest BCUT2D eigenvalue weighted by atomic mass is 16.4. The molecule has 0 atom stereocenters. The van der Waals surface area contributed by atoms with Gasteiger partial charge in [0.2, 0.25) is 0 Å². The maximum atomic E-state index is 10.8. The third kappa shape index (κ3) is 2.30. The van der Waals surface area contributed by atoms with E-state index in [2.05, 4.69) is 15.1 Å². The molecule has 0 fully saturated rings. The molecule has 0 unspecified atom stereocenters. The summed E-state index contributed by atoms with van der Waals surface area (Å²) in [5, 5.41) is 13.1. The van der Waals surface area contributed by atoms with Gasteiger partial charge in [-0.2, -0.15) is 5.10 Å². The summed E-state index contributed by atoms with van der Waals surface area (Å²) >= 11 is 0. The summed E-state index contributed by atoms with van der Waals surface area (Å²) < 4.78 is 1.52. The first kappa shape index (κ1) is 11.3. The van der Waals surface area contributed by atoms with Crippen LogP contribution >= 0.6 is 0 Å². The maximum absolute atomic E-state index is 10.8. The Hall–Kier alpha value is -2.24. The van der Waals surface area contributed by atoms with Crippen LogP contribution in [-0.4, -0.2) is 30.8 Å². The summed E-state index contributed by atoms with van der Waals surface area (Å²) in [5.74, 6) is -0.390. The predicted octanol–water partition coefficient (Wildman–Crippen LogP) is 1.48. The fraction of sp³-hybridized carbons (Fsp3) is 0.273. The number of aromatic carboxylic acids is 1. The molecule has 0 aliphatic rings. The van der Waals surface area contributed by atoms with Crippen LogP contribution in [0, 0.1) is 0 Å². The van der Waals surface area contributed by atoms with Gasteiger partial charge in [-0.25, -0.2) is 14.5 Å². The van der Waals surface area contributed by atoms with E-state index in [0.717, 1.165) is 5.69 Å². The predicted molar refractivity (Wildman–Crippen MR) is 60.2 cm³/mol. The molecule has 2 aromatic rings. The Bertz CT molecular complexity index is 548. The van der Waals surface area contributed by atoms with Crippen molar-refractivity contribution < 1.29 is 9.90 Å². The van der Waals surface area contributed by atoms with Crippen LogP contribution in [0.15, 0.2) is 24.7 Å². The van der Waals surface area contributed by atoms with Gasteiger partial charge in [-0.1, -0.05) is 13.8 Å². The first-order chi connectivity index (χ1) is 8.08. The van der Waals surface area contributed by atoms with Gasteiger partial charge in [0.05, 0.1) is 18.1 Å². The van der Waals surface area contributed by atoms with E-state index >= 15 is 0 Å². The molecular formula is C11H12N4O2. The quantitative estimate of drug-likeness (QED) is 0.866. The van der Waals surface area contributed by atoms with Crippen LogP contribution in [0.5, 0.6) is 0 Å². The highest BCUT2D eigenvalue weighted by molar-refractivity contribution is 5.85. The molecule has 6 heteroatoms. The van der Waals surface area contributed by atoms with Crippen molar-refractivity contribution in [3.05, 3.63) is 36.0 Å². The van der Waals surface area contributed by atoms with E-state index in [-0.39, 0.29) is 5.69 Å². The molecule has 2 rings (SSSR count). The summed E-state index contributed by atoms with van der Waals surface area (Å²) in [5.41, 5.74) is 0.830. The van der Waals surface area contributed by atoms with Crippen molar-refractivity contribution in [1.82, 2.24) is 19.7 Å². The molecule has 0 aliphatic carbocycles. The maximum Gasteiger partial charge on any atom is 0.356 e. The number of nitrogens with zero attached hydrogens (tertiary/aromatic N) is 4. The van der Waals surface area contributed by atoms with Crippen molar-refractivity contribution in [3.8, 4) is 5.82 Å². The van der Waals surface area contributed by atoms with Crippen LogP contribution in [0.25, 0.3) is 5.82 Å². The molecule has 0 saturated carbocycles. The van der Waals surface area contributed by atoms with Crippen molar-refractivity contribution in [2.24, 2.45) is 0 Å². The van der Waals surface area contributed by atoms with Crippen LogP contribution in [0.4, 0.5) is 0 Å². The van der Waals surface area contributed by atoms with Gasteiger partial charge in [0.25, 0.3) is 0 Å². The van der Waals surface area contributed by atoms with Crippen molar-refractivity contribution >= 4 is 5.97 Å². The van der Waals surface area contributed by atoms with Crippen LogP contribution in [-0.2, 0) is 0 Å². The van der Waals surface area contributed by atoms with E-state index in [0.29, 0.717) is 11.7 Å². The highest BCUT2D eigenvalue weighted by Crippen LogP contribution is 2.12. The lowest BCUT2D eigenvalue weighted by Crippen LogP contribution is -2.06. The number of aromatic nitrogens is 4. The Morgan fingerprint density at radius 3 is 2.76 bits per heavy atom. The minimum absolute atomic E-state index is 0.0934.